The molecule has 0 atom stereocenters. The summed E-state index contributed by atoms with van der Waals surface area (Å²) in [5.41, 5.74) is 0. The summed E-state index contributed by atoms with van der Waals surface area (Å²) in [6.07, 6.45) is 0. The van der Waals surface area contributed by atoms with E-state index in [0.717, 1.165) is 0 Å². The quantitative estimate of drug-likeness (QED) is 0.635. The van der Waals surface area contributed by atoms with Crippen molar-refractivity contribution in [1.82, 2.24) is 0 Å². The number of hydrogen-bond donors (Lipinski definition) is 0. The summed E-state index contributed by atoms with van der Waals surface area (Å²) in [5, 5.41) is 0. The first-order valence-electron chi connectivity index (χ1n) is 0. The van der Waals surface area contributed by atoms with Crippen molar-refractivity contribution in [1.29, 1.82) is 0 Å². The average molecular weight is 271 g/mol. The molecular formula is H6Cl6Cr. The van der Waals surface area contributed by atoms with Gasteiger partial charge in [-0.2, -0.15) is 0 Å². The van der Waals surface area contributed by atoms with Crippen LogP contribution in [0.2, 0.25) is 0 Å². The van der Waals surface area contributed by atoms with Gasteiger partial charge in [0.15, 0.2) is 0 Å². The molecule has 0 saturated carbocycles. The Morgan fingerprint density at radius 2 is 0.286 bits per heavy atom. The number of rotatable bonds is 0. The van der Waals surface area contributed by atoms with Crippen LogP contribution in [0.5, 0.6) is 0 Å². The second-order valence-corrected chi connectivity index (χ2v) is 0. The molecule has 0 aromatic carbocycles. The van der Waals surface area contributed by atoms with Crippen molar-refractivity contribution < 1.29 is 17.4 Å². The predicted molar refractivity (Wildman–Crippen MR) is 43.5 cm³/mol. The molecule has 0 aliphatic heterocycles. The first-order valence-corrected chi connectivity index (χ1v) is 0. The first-order chi connectivity index (χ1) is 0. The molecule has 0 saturated heterocycles. The Morgan fingerprint density at radius 3 is 0.286 bits per heavy atom. The van der Waals surface area contributed by atoms with Gasteiger partial charge in [0.2, 0.25) is 0 Å². The van der Waals surface area contributed by atoms with E-state index in [1.807, 2.05) is 0 Å². The van der Waals surface area contributed by atoms with Gasteiger partial charge in [0.05, 0.1) is 0 Å². The topological polar surface area (TPSA) is 0 Å². The van der Waals surface area contributed by atoms with Gasteiger partial charge in [0.25, 0.3) is 0 Å². The summed E-state index contributed by atoms with van der Waals surface area (Å²) in [5.74, 6) is 0. The summed E-state index contributed by atoms with van der Waals surface area (Å²) in [4.78, 5) is 0. The summed E-state index contributed by atoms with van der Waals surface area (Å²) in [6.45, 7) is 0. The SMILES string of the molecule is Cl.Cl.Cl.Cl.Cl.Cl.[Cr]. The van der Waals surface area contributed by atoms with Gasteiger partial charge >= 0.3 is 0 Å². The van der Waals surface area contributed by atoms with Crippen molar-refractivity contribution in [3.63, 3.8) is 0 Å². The van der Waals surface area contributed by atoms with Gasteiger partial charge in [0.1, 0.15) is 0 Å². The van der Waals surface area contributed by atoms with E-state index in [1.165, 1.54) is 0 Å². The van der Waals surface area contributed by atoms with E-state index in [4.69, 9.17) is 0 Å². The van der Waals surface area contributed by atoms with Crippen molar-refractivity contribution in [3.05, 3.63) is 0 Å². The third-order valence-electron chi connectivity index (χ3n) is 0. The maximum absolute atomic E-state index is 0. The summed E-state index contributed by atoms with van der Waals surface area (Å²) >= 11 is 0. The molecule has 0 aliphatic rings. The fraction of sp³-hybridized carbons (Fsp3) is 0. The molecule has 0 nitrogen and oxygen atoms in total. The third-order valence-corrected chi connectivity index (χ3v) is 0. The Kier molecular flexibility index (Phi) is 1490. The van der Waals surface area contributed by atoms with Gasteiger partial charge in [-0.05, 0) is 0 Å². The minimum Gasteiger partial charge on any atom is -0.147 e. The van der Waals surface area contributed by atoms with Crippen LogP contribution in [0.1, 0.15) is 0 Å². The molecule has 0 heterocycles. The van der Waals surface area contributed by atoms with Crippen LogP contribution in [-0.2, 0) is 17.4 Å². The molecule has 7 heteroatoms. The third kappa shape index (κ3) is 63.0. The van der Waals surface area contributed by atoms with Gasteiger partial charge < -0.3 is 0 Å². The molecule has 0 amide bonds. The van der Waals surface area contributed by atoms with E-state index in [9.17, 15) is 0 Å². The maximum atomic E-state index is 0. The molecule has 54 valence electrons. The van der Waals surface area contributed by atoms with Crippen molar-refractivity contribution in [2.45, 2.75) is 0 Å². The molecule has 0 aliphatic carbocycles. The Labute approximate surface area is 91.2 Å². The summed E-state index contributed by atoms with van der Waals surface area (Å²) in [7, 11) is 0. The normalized spacial score (nSPS) is 0. The summed E-state index contributed by atoms with van der Waals surface area (Å²) < 4.78 is 0. The minimum absolute atomic E-state index is 0. The fourth-order valence-electron chi connectivity index (χ4n) is 0. The largest absolute Gasteiger partial charge is 0.147 e. The van der Waals surface area contributed by atoms with Gasteiger partial charge in [-0.15, -0.1) is 74.4 Å². The van der Waals surface area contributed by atoms with Crippen LogP contribution in [0.3, 0.4) is 0 Å². The molecule has 0 radical (unpaired) electrons. The van der Waals surface area contributed by atoms with E-state index < -0.39 is 0 Å². The zero-order valence-electron chi connectivity index (χ0n) is 2.86. The van der Waals surface area contributed by atoms with Crippen LogP contribution in [0.25, 0.3) is 0 Å². The molecule has 0 bridgehead atoms. The molecule has 0 aromatic heterocycles. The van der Waals surface area contributed by atoms with Crippen LogP contribution in [0.15, 0.2) is 0 Å². The maximum Gasteiger partial charge on any atom is 0 e. The smallest absolute Gasteiger partial charge is 0 e. The van der Waals surface area contributed by atoms with Crippen molar-refractivity contribution in [3.8, 4) is 0 Å². The molecule has 0 aromatic rings. The Balaban J connectivity index is 0. The van der Waals surface area contributed by atoms with Gasteiger partial charge in [0, 0.05) is 17.4 Å². The molecule has 7 heavy (non-hydrogen) atoms. The van der Waals surface area contributed by atoms with Gasteiger partial charge in [-0.3, -0.25) is 0 Å². The molecule has 0 spiro atoms. The van der Waals surface area contributed by atoms with E-state index in [0.29, 0.717) is 0 Å². The van der Waals surface area contributed by atoms with Crippen LogP contribution in [0.4, 0.5) is 0 Å². The molecule has 0 N–H and O–H groups in total. The molecule has 0 rings (SSSR count). The van der Waals surface area contributed by atoms with E-state index in [1.54, 1.807) is 0 Å². The Hall–Kier alpha value is 2.27. The van der Waals surface area contributed by atoms with Crippen LogP contribution in [-0.4, -0.2) is 0 Å². The number of halogens is 6. The van der Waals surface area contributed by atoms with Crippen molar-refractivity contribution >= 4 is 74.4 Å². The molecule has 0 unspecified atom stereocenters. The zero-order valence-corrected chi connectivity index (χ0v) is 9.03. The average Bonchev–Trinajstić information content (AvgIpc) is 0. The second-order valence-electron chi connectivity index (χ2n) is 0. The zero-order chi connectivity index (χ0) is 0. The van der Waals surface area contributed by atoms with E-state index in [2.05, 4.69) is 0 Å². The monoisotopic (exact) mass is 268 g/mol. The summed E-state index contributed by atoms with van der Waals surface area (Å²) in [6, 6.07) is 0. The molecule has 0 fully saturated rings. The van der Waals surface area contributed by atoms with Crippen LogP contribution in [0, 0.1) is 0 Å². The fourth-order valence-corrected chi connectivity index (χ4v) is 0. The van der Waals surface area contributed by atoms with Crippen LogP contribution >= 0.6 is 74.4 Å². The Bertz CT molecular complexity index is 4.14. The van der Waals surface area contributed by atoms with E-state index in [-0.39, 0.29) is 91.8 Å². The minimum atomic E-state index is 0. The number of hydrogen-bond acceptors (Lipinski definition) is 0. The second kappa shape index (κ2) is 84.7. The van der Waals surface area contributed by atoms with Gasteiger partial charge in [-0.1, -0.05) is 0 Å². The van der Waals surface area contributed by atoms with Crippen LogP contribution < -0.4 is 0 Å². The first kappa shape index (κ1) is 123. The predicted octanol–water partition coefficient (Wildman–Crippen LogP) is 2.53. The molecular weight excluding hydrogens is 265 g/mol. The standard InChI is InChI=1S/6ClH.Cr/h6*1H;. The van der Waals surface area contributed by atoms with Crippen molar-refractivity contribution in [2.75, 3.05) is 0 Å². The van der Waals surface area contributed by atoms with Gasteiger partial charge in [-0.25, -0.2) is 0 Å². The Morgan fingerprint density at radius 1 is 0.286 bits per heavy atom. The van der Waals surface area contributed by atoms with Crippen molar-refractivity contribution in [2.24, 2.45) is 0 Å². The van der Waals surface area contributed by atoms with E-state index >= 15 is 0 Å².